The number of ether oxygens (including phenoxy) is 1. The molecule has 0 bridgehead atoms. The van der Waals surface area contributed by atoms with E-state index in [9.17, 15) is 13.2 Å². The minimum Gasteiger partial charge on any atom is -0.469 e. The van der Waals surface area contributed by atoms with Crippen LogP contribution in [-0.2, 0) is 19.6 Å². The van der Waals surface area contributed by atoms with Crippen molar-refractivity contribution in [3.8, 4) is 0 Å². The monoisotopic (exact) mass is 283 g/mol. The summed E-state index contributed by atoms with van der Waals surface area (Å²) in [6.07, 6.45) is -0.202. The highest BCUT2D eigenvalue weighted by molar-refractivity contribution is 7.92. The van der Waals surface area contributed by atoms with Gasteiger partial charge in [0.25, 0.3) is 0 Å². The van der Waals surface area contributed by atoms with Gasteiger partial charge in [-0.2, -0.15) is 0 Å². The quantitative estimate of drug-likeness (QED) is 0.793. The van der Waals surface area contributed by atoms with Crippen LogP contribution in [0.25, 0.3) is 11.0 Å². The molecule has 0 aliphatic carbocycles. The van der Waals surface area contributed by atoms with Crippen molar-refractivity contribution in [3.05, 3.63) is 24.3 Å². The van der Waals surface area contributed by atoms with E-state index < -0.39 is 16.0 Å². The fourth-order valence-corrected chi connectivity index (χ4v) is 2.45. The first-order valence-electron chi connectivity index (χ1n) is 5.52. The van der Waals surface area contributed by atoms with Crippen molar-refractivity contribution in [2.24, 2.45) is 0 Å². The number of benzene rings is 1. The fraction of sp³-hybridized carbons (Fsp3) is 0.273. The van der Waals surface area contributed by atoms with Crippen molar-refractivity contribution in [2.75, 3.05) is 17.6 Å². The summed E-state index contributed by atoms with van der Waals surface area (Å²) < 4.78 is 30.1. The number of fused-ring (bicyclic) bond motifs is 1. The van der Waals surface area contributed by atoms with E-state index in [0.29, 0.717) is 5.52 Å². The highest BCUT2D eigenvalue weighted by atomic mass is 32.2. The number of H-pyrrole nitrogens is 1. The highest BCUT2D eigenvalue weighted by Crippen LogP contribution is 2.14. The minimum atomic E-state index is -3.63. The maximum absolute atomic E-state index is 11.7. The standard InChI is InChI=1S/C11H13N3O4S/c1-18-10(15)6-7-19(16,17)14-11-12-8-4-2-3-5-9(8)13-11/h2-5H,6-7H2,1H3,(H2,12,13,14). The van der Waals surface area contributed by atoms with Crippen molar-refractivity contribution >= 4 is 33.0 Å². The third-order valence-corrected chi connectivity index (χ3v) is 3.69. The second kappa shape index (κ2) is 5.27. The zero-order valence-electron chi connectivity index (χ0n) is 10.2. The Kier molecular flexibility index (Phi) is 3.70. The van der Waals surface area contributed by atoms with Gasteiger partial charge in [-0.25, -0.2) is 13.4 Å². The fourth-order valence-electron chi connectivity index (χ4n) is 1.52. The molecule has 0 aliphatic rings. The Morgan fingerprint density at radius 1 is 1.42 bits per heavy atom. The zero-order chi connectivity index (χ0) is 13.9. The van der Waals surface area contributed by atoms with Crippen LogP contribution in [0.4, 0.5) is 5.95 Å². The van der Waals surface area contributed by atoms with E-state index in [1.807, 2.05) is 6.07 Å². The van der Waals surface area contributed by atoms with E-state index in [-0.39, 0.29) is 18.1 Å². The lowest BCUT2D eigenvalue weighted by Gasteiger charge is -2.03. The van der Waals surface area contributed by atoms with Gasteiger partial charge in [-0.1, -0.05) is 12.1 Å². The Bertz CT molecular complexity index is 660. The molecule has 0 unspecified atom stereocenters. The summed E-state index contributed by atoms with van der Waals surface area (Å²) >= 11 is 0. The SMILES string of the molecule is COC(=O)CCS(=O)(=O)Nc1nc2ccccc2[nH]1. The summed E-state index contributed by atoms with van der Waals surface area (Å²) in [5, 5.41) is 0. The van der Waals surface area contributed by atoms with Gasteiger partial charge in [0.15, 0.2) is 0 Å². The highest BCUT2D eigenvalue weighted by Gasteiger charge is 2.15. The normalized spacial score (nSPS) is 11.4. The van der Waals surface area contributed by atoms with Crippen LogP contribution in [0.15, 0.2) is 24.3 Å². The topological polar surface area (TPSA) is 101 Å². The molecule has 0 atom stereocenters. The van der Waals surface area contributed by atoms with Crippen molar-refractivity contribution in [1.29, 1.82) is 0 Å². The van der Waals surface area contributed by atoms with E-state index >= 15 is 0 Å². The summed E-state index contributed by atoms with van der Waals surface area (Å²) in [4.78, 5) is 17.8. The van der Waals surface area contributed by atoms with Gasteiger partial charge in [-0.3, -0.25) is 9.52 Å². The smallest absolute Gasteiger partial charge is 0.306 e. The number of sulfonamides is 1. The van der Waals surface area contributed by atoms with Crippen molar-refractivity contribution < 1.29 is 17.9 Å². The van der Waals surface area contributed by atoms with Gasteiger partial charge in [-0.05, 0) is 12.1 Å². The average Bonchev–Trinajstić information content (AvgIpc) is 2.77. The van der Waals surface area contributed by atoms with Gasteiger partial charge in [0.2, 0.25) is 16.0 Å². The molecule has 1 aromatic heterocycles. The summed E-state index contributed by atoms with van der Waals surface area (Å²) in [6, 6.07) is 7.17. The van der Waals surface area contributed by atoms with Crippen molar-refractivity contribution in [1.82, 2.24) is 9.97 Å². The molecule has 1 aromatic carbocycles. The van der Waals surface area contributed by atoms with Gasteiger partial charge in [0.1, 0.15) is 0 Å². The Labute approximate surface area is 110 Å². The Balaban J connectivity index is 2.09. The largest absolute Gasteiger partial charge is 0.469 e. The van der Waals surface area contributed by atoms with Crippen LogP contribution in [0.1, 0.15) is 6.42 Å². The molecular weight excluding hydrogens is 270 g/mol. The molecule has 2 rings (SSSR count). The Hall–Kier alpha value is -2.09. The molecule has 0 aliphatic heterocycles. The van der Waals surface area contributed by atoms with Crippen LogP contribution in [0.3, 0.4) is 0 Å². The lowest BCUT2D eigenvalue weighted by Crippen LogP contribution is -2.20. The summed E-state index contributed by atoms with van der Waals surface area (Å²) in [6.45, 7) is 0. The molecule has 1 heterocycles. The van der Waals surface area contributed by atoms with E-state index in [0.717, 1.165) is 5.52 Å². The number of aromatic nitrogens is 2. The Morgan fingerprint density at radius 2 is 2.16 bits per heavy atom. The molecule has 0 amide bonds. The molecule has 0 spiro atoms. The first-order chi connectivity index (χ1) is 9.00. The molecule has 0 saturated heterocycles. The lowest BCUT2D eigenvalue weighted by atomic mass is 10.3. The van der Waals surface area contributed by atoms with Crippen molar-refractivity contribution in [3.63, 3.8) is 0 Å². The first kappa shape index (κ1) is 13.3. The van der Waals surface area contributed by atoms with Crippen LogP contribution >= 0.6 is 0 Å². The lowest BCUT2D eigenvalue weighted by molar-refractivity contribution is -0.140. The number of hydrogen-bond acceptors (Lipinski definition) is 5. The molecule has 2 N–H and O–H groups in total. The number of imidazole rings is 1. The summed E-state index contributed by atoms with van der Waals surface area (Å²) in [5.74, 6) is -0.794. The predicted molar refractivity (Wildman–Crippen MR) is 70.1 cm³/mol. The van der Waals surface area contributed by atoms with Crippen LogP contribution in [0, 0.1) is 0 Å². The third-order valence-electron chi connectivity index (χ3n) is 2.44. The second-order valence-electron chi connectivity index (χ2n) is 3.85. The first-order valence-corrected chi connectivity index (χ1v) is 7.17. The molecule has 102 valence electrons. The number of anilines is 1. The number of rotatable bonds is 5. The number of carbonyl (C=O) groups is 1. The van der Waals surface area contributed by atoms with E-state index in [4.69, 9.17) is 0 Å². The van der Waals surface area contributed by atoms with Gasteiger partial charge >= 0.3 is 5.97 Å². The molecule has 0 radical (unpaired) electrons. The van der Waals surface area contributed by atoms with E-state index in [1.54, 1.807) is 18.2 Å². The summed E-state index contributed by atoms with van der Waals surface area (Å²) in [5.41, 5.74) is 1.39. The molecular formula is C11H13N3O4S. The number of aromatic amines is 1. The number of nitrogens with one attached hydrogen (secondary N) is 2. The second-order valence-corrected chi connectivity index (χ2v) is 5.69. The number of carbonyl (C=O) groups excluding carboxylic acids is 1. The van der Waals surface area contributed by atoms with Gasteiger partial charge < -0.3 is 9.72 Å². The number of nitrogens with zero attached hydrogens (tertiary/aromatic N) is 1. The number of hydrogen-bond donors (Lipinski definition) is 2. The maximum Gasteiger partial charge on any atom is 0.306 e. The van der Waals surface area contributed by atoms with Gasteiger partial charge in [0.05, 0.1) is 30.3 Å². The molecule has 2 aromatic rings. The Morgan fingerprint density at radius 3 is 2.84 bits per heavy atom. The number of para-hydroxylation sites is 2. The van der Waals surface area contributed by atoms with Crippen LogP contribution in [0.5, 0.6) is 0 Å². The minimum absolute atomic E-state index is 0.131. The predicted octanol–water partition coefficient (Wildman–Crippen LogP) is 0.868. The number of esters is 1. The number of methoxy groups -OCH3 is 1. The van der Waals surface area contributed by atoms with Crippen molar-refractivity contribution in [2.45, 2.75) is 6.42 Å². The zero-order valence-corrected chi connectivity index (χ0v) is 11.0. The van der Waals surface area contributed by atoms with Gasteiger partial charge in [-0.15, -0.1) is 0 Å². The summed E-state index contributed by atoms with van der Waals surface area (Å²) in [7, 11) is -2.42. The van der Waals surface area contributed by atoms with E-state index in [1.165, 1.54) is 7.11 Å². The molecule has 0 fully saturated rings. The van der Waals surface area contributed by atoms with Crippen LogP contribution in [0.2, 0.25) is 0 Å². The average molecular weight is 283 g/mol. The molecule has 7 nitrogen and oxygen atoms in total. The molecule has 8 heteroatoms. The van der Waals surface area contributed by atoms with Gasteiger partial charge in [0, 0.05) is 0 Å². The molecule has 19 heavy (non-hydrogen) atoms. The third kappa shape index (κ3) is 3.44. The van der Waals surface area contributed by atoms with Crippen LogP contribution < -0.4 is 4.72 Å². The molecule has 0 saturated carbocycles. The maximum atomic E-state index is 11.7. The van der Waals surface area contributed by atoms with Crippen LogP contribution in [-0.4, -0.2) is 37.2 Å². The van der Waals surface area contributed by atoms with E-state index in [2.05, 4.69) is 19.4 Å².